The SMILES string of the molecule is CC(=NNC(=O)O)c1ccncc1. The average Bonchev–Trinajstić information content (AvgIpc) is 2.15. The van der Waals surface area contributed by atoms with Crippen molar-refractivity contribution in [2.45, 2.75) is 6.92 Å². The maximum atomic E-state index is 10.1. The lowest BCUT2D eigenvalue weighted by atomic mass is 10.2. The summed E-state index contributed by atoms with van der Waals surface area (Å²) in [5.74, 6) is 0. The van der Waals surface area contributed by atoms with Gasteiger partial charge < -0.3 is 5.11 Å². The molecule has 0 aliphatic heterocycles. The van der Waals surface area contributed by atoms with E-state index in [2.05, 4.69) is 10.1 Å². The van der Waals surface area contributed by atoms with Gasteiger partial charge in [0.2, 0.25) is 0 Å². The van der Waals surface area contributed by atoms with Crippen LogP contribution in [-0.4, -0.2) is 21.9 Å². The monoisotopic (exact) mass is 179 g/mol. The van der Waals surface area contributed by atoms with Crippen LogP contribution in [0.5, 0.6) is 0 Å². The molecule has 0 spiro atoms. The van der Waals surface area contributed by atoms with Gasteiger partial charge in [-0.1, -0.05) is 0 Å². The normalized spacial score (nSPS) is 11.0. The number of hydrogen-bond acceptors (Lipinski definition) is 3. The molecule has 68 valence electrons. The highest BCUT2D eigenvalue weighted by Crippen LogP contribution is 1.97. The molecule has 0 atom stereocenters. The topological polar surface area (TPSA) is 74.6 Å². The fourth-order valence-corrected chi connectivity index (χ4v) is 0.789. The lowest BCUT2D eigenvalue weighted by Crippen LogP contribution is -2.16. The van der Waals surface area contributed by atoms with Gasteiger partial charge >= 0.3 is 6.09 Å². The van der Waals surface area contributed by atoms with E-state index in [1.54, 1.807) is 31.5 Å². The van der Waals surface area contributed by atoms with Crippen molar-refractivity contribution in [3.8, 4) is 0 Å². The molecule has 5 nitrogen and oxygen atoms in total. The van der Waals surface area contributed by atoms with E-state index in [0.717, 1.165) is 5.56 Å². The third-order valence-electron chi connectivity index (χ3n) is 1.42. The van der Waals surface area contributed by atoms with E-state index in [0.29, 0.717) is 5.71 Å². The fourth-order valence-electron chi connectivity index (χ4n) is 0.789. The molecule has 0 radical (unpaired) electrons. The first kappa shape index (κ1) is 9.18. The van der Waals surface area contributed by atoms with Crippen molar-refractivity contribution in [1.29, 1.82) is 0 Å². The molecule has 13 heavy (non-hydrogen) atoms. The summed E-state index contributed by atoms with van der Waals surface area (Å²) in [6.07, 6.45) is 2.07. The van der Waals surface area contributed by atoms with E-state index in [4.69, 9.17) is 5.11 Å². The Morgan fingerprint density at radius 1 is 1.54 bits per heavy atom. The van der Waals surface area contributed by atoms with Crippen molar-refractivity contribution in [3.63, 3.8) is 0 Å². The molecule has 0 saturated heterocycles. The molecule has 0 aromatic carbocycles. The lowest BCUT2D eigenvalue weighted by Gasteiger charge is -1.98. The van der Waals surface area contributed by atoms with Crippen LogP contribution in [0.2, 0.25) is 0 Å². The molecule has 0 aliphatic carbocycles. The first-order valence-electron chi connectivity index (χ1n) is 3.64. The van der Waals surface area contributed by atoms with Gasteiger partial charge in [-0.2, -0.15) is 5.10 Å². The van der Waals surface area contributed by atoms with Gasteiger partial charge in [0.25, 0.3) is 0 Å². The van der Waals surface area contributed by atoms with Gasteiger partial charge in [0.15, 0.2) is 0 Å². The molecule has 0 fully saturated rings. The van der Waals surface area contributed by atoms with Crippen LogP contribution in [0, 0.1) is 0 Å². The van der Waals surface area contributed by atoms with Gasteiger partial charge in [-0.15, -0.1) is 0 Å². The van der Waals surface area contributed by atoms with Crippen molar-refractivity contribution in [2.24, 2.45) is 5.10 Å². The number of pyridine rings is 1. The summed E-state index contributed by atoms with van der Waals surface area (Å²) in [5, 5.41) is 11.9. The van der Waals surface area contributed by atoms with E-state index in [1.165, 1.54) is 0 Å². The number of carboxylic acid groups (broad SMARTS) is 1. The third-order valence-corrected chi connectivity index (χ3v) is 1.42. The minimum Gasteiger partial charge on any atom is -0.464 e. The van der Waals surface area contributed by atoms with E-state index in [1.807, 2.05) is 5.43 Å². The van der Waals surface area contributed by atoms with Gasteiger partial charge in [0.05, 0.1) is 5.71 Å². The Kier molecular flexibility index (Phi) is 2.97. The minimum atomic E-state index is -1.17. The summed E-state index contributed by atoms with van der Waals surface area (Å²) in [4.78, 5) is 13.9. The third kappa shape index (κ3) is 2.90. The van der Waals surface area contributed by atoms with E-state index >= 15 is 0 Å². The van der Waals surface area contributed by atoms with Crippen molar-refractivity contribution in [2.75, 3.05) is 0 Å². The Hall–Kier alpha value is -1.91. The zero-order valence-electron chi connectivity index (χ0n) is 7.06. The summed E-state index contributed by atoms with van der Waals surface area (Å²) >= 11 is 0. The first-order chi connectivity index (χ1) is 6.20. The van der Waals surface area contributed by atoms with Gasteiger partial charge in [0, 0.05) is 18.0 Å². The van der Waals surface area contributed by atoms with Crippen molar-refractivity contribution in [3.05, 3.63) is 30.1 Å². The van der Waals surface area contributed by atoms with E-state index in [9.17, 15) is 4.79 Å². The number of nitrogens with zero attached hydrogens (tertiary/aromatic N) is 2. The van der Waals surface area contributed by atoms with E-state index < -0.39 is 6.09 Å². The molecule has 0 unspecified atom stereocenters. The highest BCUT2D eigenvalue weighted by atomic mass is 16.4. The largest absolute Gasteiger partial charge is 0.464 e. The molecule has 0 saturated carbocycles. The van der Waals surface area contributed by atoms with Gasteiger partial charge in [0.1, 0.15) is 0 Å². The molecular formula is C8H9N3O2. The number of rotatable bonds is 2. The van der Waals surface area contributed by atoms with Gasteiger partial charge in [-0.25, -0.2) is 10.2 Å². The second-order valence-electron chi connectivity index (χ2n) is 2.35. The standard InChI is InChI=1S/C8H9N3O2/c1-6(10-11-8(12)13)7-2-4-9-5-3-7/h2-5,11H,1H3,(H,12,13). The maximum Gasteiger partial charge on any atom is 0.425 e. The average molecular weight is 179 g/mol. The van der Waals surface area contributed by atoms with E-state index in [-0.39, 0.29) is 0 Å². The van der Waals surface area contributed by atoms with Crippen LogP contribution in [0.15, 0.2) is 29.6 Å². The molecule has 1 aromatic heterocycles. The van der Waals surface area contributed by atoms with Gasteiger partial charge in [-0.05, 0) is 19.1 Å². The summed E-state index contributed by atoms with van der Waals surface area (Å²) < 4.78 is 0. The highest BCUT2D eigenvalue weighted by molar-refractivity contribution is 5.98. The number of aromatic nitrogens is 1. The molecular weight excluding hydrogens is 170 g/mol. The number of nitrogens with one attached hydrogen (secondary N) is 1. The molecule has 2 N–H and O–H groups in total. The van der Waals surface area contributed by atoms with Crippen LogP contribution in [0.25, 0.3) is 0 Å². The van der Waals surface area contributed by atoms with Crippen LogP contribution < -0.4 is 5.43 Å². The van der Waals surface area contributed by atoms with Crippen LogP contribution in [0.3, 0.4) is 0 Å². The van der Waals surface area contributed by atoms with Crippen LogP contribution >= 0.6 is 0 Å². The summed E-state index contributed by atoms with van der Waals surface area (Å²) in [7, 11) is 0. The Labute approximate surface area is 75.1 Å². The number of carbonyl (C=O) groups is 1. The molecule has 1 aromatic rings. The van der Waals surface area contributed by atoms with Crippen LogP contribution in [0.1, 0.15) is 12.5 Å². The Morgan fingerprint density at radius 2 is 2.15 bits per heavy atom. The maximum absolute atomic E-state index is 10.1. The Bertz CT molecular complexity index is 321. The molecule has 0 bridgehead atoms. The predicted molar refractivity (Wildman–Crippen MR) is 47.6 cm³/mol. The molecule has 1 rings (SSSR count). The molecule has 5 heteroatoms. The quantitative estimate of drug-likeness (QED) is 0.526. The fraction of sp³-hybridized carbons (Fsp3) is 0.125. The zero-order valence-corrected chi connectivity index (χ0v) is 7.06. The van der Waals surface area contributed by atoms with Crippen LogP contribution in [0.4, 0.5) is 4.79 Å². The second kappa shape index (κ2) is 4.20. The Morgan fingerprint density at radius 3 is 2.69 bits per heavy atom. The predicted octanol–water partition coefficient (Wildman–Crippen LogP) is 1.07. The zero-order chi connectivity index (χ0) is 9.68. The minimum absolute atomic E-state index is 0.602. The van der Waals surface area contributed by atoms with Crippen molar-refractivity contribution < 1.29 is 9.90 Å². The van der Waals surface area contributed by atoms with Crippen LogP contribution in [-0.2, 0) is 0 Å². The number of hydrogen-bond donors (Lipinski definition) is 2. The number of amides is 1. The molecule has 1 heterocycles. The lowest BCUT2D eigenvalue weighted by molar-refractivity contribution is 0.195. The molecule has 0 aliphatic rings. The van der Waals surface area contributed by atoms with Gasteiger partial charge in [-0.3, -0.25) is 4.98 Å². The Balaban J connectivity index is 2.73. The first-order valence-corrected chi connectivity index (χ1v) is 3.64. The summed E-state index contributed by atoms with van der Waals surface area (Å²) in [5.41, 5.74) is 3.37. The second-order valence-corrected chi connectivity index (χ2v) is 2.35. The summed E-state index contributed by atoms with van der Waals surface area (Å²) in [6, 6.07) is 3.50. The smallest absolute Gasteiger partial charge is 0.425 e. The molecule has 1 amide bonds. The number of hydrazone groups is 1. The summed E-state index contributed by atoms with van der Waals surface area (Å²) in [6.45, 7) is 1.71. The highest BCUT2D eigenvalue weighted by Gasteiger charge is 1.96. The van der Waals surface area contributed by atoms with Crippen molar-refractivity contribution >= 4 is 11.8 Å². The van der Waals surface area contributed by atoms with Crippen molar-refractivity contribution in [1.82, 2.24) is 10.4 Å².